The molecule has 0 radical (unpaired) electrons. The van der Waals surface area contributed by atoms with E-state index >= 15 is 0 Å². The number of fused-ring (bicyclic) bond motifs is 1. The van der Waals surface area contributed by atoms with Crippen molar-refractivity contribution in [3.05, 3.63) is 105 Å². The average molecular weight is 547 g/mol. The fourth-order valence-corrected chi connectivity index (χ4v) is 5.02. The van der Waals surface area contributed by atoms with E-state index in [9.17, 15) is 24.0 Å². The molecule has 3 aromatic rings. The molecule has 1 saturated heterocycles. The highest BCUT2D eigenvalue weighted by Crippen LogP contribution is 2.32. The number of carbonyl (C=O) groups is 5. The summed E-state index contributed by atoms with van der Waals surface area (Å²) in [4.78, 5) is 69.8. The molecule has 0 aliphatic carbocycles. The predicted octanol–water partition coefficient (Wildman–Crippen LogP) is 4.00. The van der Waals surface area contributed by atoms with E-state index in [0.717, 1.165) is 32.7 Å². The second-order valence-electron chi connectivity index (χ2n) is 8.45. The summed E-state index contributed by atoms with van der Waals surface area (Å²) in [6, 6.07) is 14.6. The monoisotopic (exact) mass is 546 g/mol. The Balaban J connectivity index is 1.20. The molecule has 0 spiro atoms. The quantitative estimate of drug-likeness (QED) is 0.351. The molecule has 1 N–H and O–H groups in total. The molecular formula is C27H19ClN4O5S. The Labute approximate surface area is 226 Å². The van der Waals surface area contributed by atoms with E-state index in [1.54, 1.807) is 54.9 Å². The largest absolute Gasteiger partial charge is 0.350 e. The van der Waals surface area contributed by atoms with Crippen LogP contribution >= 0.6 is 23.4 Å². The summed E-state index contributed by atoms with van der Waals surface area (Å²) < 4.78 is 0. The molecular weight excluding hydrogens is 528 g/mol. The van der Waals surface area contributed by atoms with Crippen molar-refractivity contribution < 1.29 is 24.0 Å². The number of imide groups is 2. The van der Waals surface area contributed by atoms with Crippen molar-refractivity contribution in [3.8, 4) is 0 Å². The van der Waals surface area contributed by atoms with Crippen molar-refractivity contribution in [2.24, 2.45) is 0 Å². The smallest absolute Gasteiger partial charge is 0.293 e. The zero-order chi connectivity index (χ0) is 26.8. The van der Waals surface area contributed by atoms with Crippen molar-refractivity contribution in [2.45, 2.75) is 6.54 Å². The number of nitrogens with one attached hydrogen (secondary N) is 1. The molecule has 11 heteroatoms. The Hall–Kier alpha value is -4.28. The molecule has 2 aliphatic heterocycles. The minimum absolute atomic E-state index is 0.0171. The molecule has 0 bridgehead atoms. The van der Waals surface area contributed by atoms with Crippen molar-refractivity contribution in [3.63, 3.8) is 0 Å². The molecule has 1 aromatic heterocycles. The molecule has 9 nitrogen and oxygen atoms in total. The molecule has 0 unspecified atom stereocenters. The van der Waals surface area contributed by atoms with E-state index in [-0.39, 0.29) is 41.2 Å². The van der Waals surface area contributed by atoms with Gasteiger partial charge in [-0.1, -0.05) is 23.7 Å². The normalized spacial score (nSPS) is 16.0. The van der Waals surface area contributed by atoms with Gasteiger partial charge in [-0.05, 0) is 71.4 Å². The molecule has 0 atom stereocenters. The van der Waals surface area contributed by atoms with Crippen molar-refractivity contribution in [2.75, 3.05) is 13.1 Å². The van der Waals surface area contributed by atoms with E-state index in [2.05, 4.69) is 10.3 Å². The van der Waals surface area contributed by atoms with Gasteiger partial charge in [0.25, 0.3) is 28.9 Å². The first kappa shape index (κ1) is 25.4. The Morgan fingerprint density at radius 1 is 0.895 bits per heavy atom. The number of hydrogen-bond acceptors (Lipinski definition) is 7. The van der Waals surface area contributed by atoms with Crippen LogP contribution in [0.25, 0.3) is 6.08 Å². The second kappa shape index (κ2) is 10.6. The van der Waals surface area contributed by atoms with Gasteiger partial charge in [0.2, 0.25) is 0 Å². The summed E-state index contributed by atoms with van der Waals surface area (Å²) in [5.74, 6) is -1.86. The number of benzene rings is 2. The van der Waals surface area contributed by atoms with Gasteiger partial charge in [-0.3, -0.25) is 38.8 Å². The summed E-state index contributed by atoms with van der Waals surface area (Å²) >= 11 is 6.71. The summed E-state index contributed by atoms with van der Waals surface area (Å²) in [6.07, 6.45) is 4.77. The zero-order valence-corrected chi connectivity index (χ0v) is 21.3. The lowest BCUT2D eigenvalue weighted by molar-refractivity contribution is -0.122. The van der Waals surface area contributed by atoms with Crippen LogP contribution in [0.15, 0.2) is 71.9 Å². The number of hydrogen-bond donors (Lipinski definition) is 1. The van der Waals surface area contributed by atoms with Gasteiger partial charge in [-0.25, -0.2) is 0 Å². The SMILES string of the molecule is O=C(NCCN1C(=O)S/C(=C\c2ccc(Cl)cc2)C1=O)c1ccc2c(c1)C(=O)N(Cc1ccncc1)C2=O. The van der Waals surface area contributed by atoms with Crippen LogP contribution in [0.2, 0.25) is 5.02 Å². The molecule has 2 aromatic carbocycles. The van der Waals surface area contributed by atoms with Gasteiger partial charge in [0.05, 0.1) is 22.6 Å². The number of carbonyl (C=O) groups excluding carboxylic acids is 5. The van der Waals surface area contributed by atoms with E-state index in [1.807, 2.05) is 0 Å². The van der Waals surface area contributed by atoms with Gasteiger partial charge in [-0.2, -0.15) is 0 Å². The first-order valence-electron chi connectivity index (χ1n) is 11.5. The second-order valence-corrected chi connectivity index (χ2v) is 9.88. The van der Waals surface area contributed by atoms with Gasteiger partial charge < -0.3 is 5.32 Å². The average Bonchev–Trinajstić information content (AvgIpc) is 3.32. The van der Waals surface area contributed by atoms with Gasteiger partial charge in [-0.15, -0.1) is 0 Å². The molecule has 5 rings (SSSR count). The molecule has 38 heavy (non-hydrogen) atoms. The lowest BCUT2D eigenvalue weighted by Crippen LogP contribution is -2.37. The van der Waals surface area contributed by atoms with Gasteiger partial charge in [0, 0.05) is 36.1 Å². The topological polar surface area (TPSA) is 117 Å². The van der Waals surface area contributed by atoms with Crippen LogP contribution in [0.1, 0.15) is 42.2 Å². The molecule has 2 aliphatic rings. The molecule has 5 amide bonds. The predicted molar refractivity (Wildman–Crippen MR) is 141 cm³/mol. The van der Waals surface area contributed by atoms with Crippen LogP contribution in [0.4, 0.5) is 4.79 Å². The number of amides is 5. The highest BCUT2D eigenvalue weighted by atomic mass is 35.5. The van der Waals surface area contributed by atoms with E-state index in [1.165, 1.54) is 18.2 Å². The van der Waals surface area contributed by atoms with E-state index < -0.39 is 28.9 Å². The van der Waals surface area contributed by atoms with Gasteiger partial charge >= 0.3 is 0 Å². The van der Waals surface area contributed by atoms with E-state index in [0.29, 0.717) is 5.02 Å². The Kier molecular flexibility index (Phi) is 7.08. The van der Waals surface area contributed by atoms with Crippen LogP contribution in [0, 0.1) is 0 Å². The van der Waals surface area contributed by atoms with Crippen LogP contribution < -0.4 is 5.32 Å². The van der Waals surface area contributed by atoms with Crippen molar-refractivity contribution in [1.29, 1.82) is 0 Å². The first-order valence-corrected chi connectivity index (χ1v) is 12.7. The summed E-state index contributed by atoms with van der Waals surface area (Å²) in [7, 11) is 0. The number of aromatic nitrogens is 1. The number of halogens is 1. The minimum atomic E-state index is -0.496. The number of rotatable bonds is 7. The van der Waals surface area contributed by atoms with Crippen molar-refractivity contribution >= 4 is 58.3 Å². The third-order valence-corrected chi connectivity index (χ3v) is 7.14. The number of pyridine rings is 1. The summed E-state index contributed by atoms with van der Waals surface area (Å²) in [5, 5.41) is 2.79. The highest BCUT2D eigenvalue weighted by molar-refractivity contribution is 8.18. The molecule has 1 fully saturated rings. The molecule has 190 valence electrons. The standard InChI is InChI=1S/C27H19ClN4O5S/c28-19-4-1-16(2-5-19)13-22-26(36)31(27(37)38-22)12-11-30-23(33)18-3-6-20-21(14-18)25(35)32(24(20)34)15-17-7-9-29-10-8-17/h1-10,13-14H,11-12,15H2,(H,30,33)/b22-13-. The molecule has 0 saturated carbocycles. The fourth-order valence-electron chi connectivity index (χ4n) is 4.03. The van der Waals surface area contributed by atoms with Gasteiger partial charge in [0.15, 0.2) is 0 Å². The first-order chi connectivity index (χ1) is 18.3. The van der Waals surface area contributed by atoms with Crippen LogP contribution in [0.3, 0.4) is 0 Å². The Bertz CT molecular complexity index is 1510. The van der Waals surface area contributed by atoms with Crippen LogP contribution in [0.5, 0.6) is 0 Å². The lowest BCUT2D eigenvalue weighted by Gasteiger charge is -2.13. The number of thioether (sulfide) groups is 1. The maximum atomic E-state index is 12.9. The fraction of sp³-hybridized carbons (Fsp3) is 0.111. The maximum Gasteiger partial charge on any atom is 0.293 e. The minimum Gasteiger partial charge on any atom is -0.350 e. The van der Waals surface area contributed by atoms with E-state index in [4.69, 9.17) is 11.6 Å². The van der Waals surface area contributed by atoms with Crippen LogP contribution in [-0.2, 0) is 11.3 Å². The highest BCUT2D eigenvalue weighted by Gasteiger charge is 2.36. The summed E-state index contributed by atoms with van der Waals surface area (Å²) in [5.41, 5.74) is 2.05. The Morgan fingerprint density at radius 3 is 2.34 bits per heavy atom. The van der Waals surface area contributed by atoms with Crippen molar-refractivity contribution in [1.82, 2.24) is 20.1 Å². The Morgan fingerprint density at radius 2 is 1.61 bits per heavy atom. The van der Waals surface area contributed by atoms with Crippen LogP contribution in [-0.4, -0.2) is 56.7 Å². The third kappa shape index (κ3) is 5.09. The summed E-state index contributed by atoms with van der Waals surface area (Å²) in [6.45, 7) is 0.0976. The molecule has 3 heterocycles. The van der Waals surface area contributed by atoms with Gasteiger partial charge in [0.1, 0.15) is 0 Å². The zero-order valence-electron chi connectivity index (χ0n) is 19.7. The maximum absolute atomic E-state index is 12.9. The number of nitrogens with zero attached hydrogens (tertiary/aromatic N) is 3. The third-order valence-electron chi connectivity index (χ3n) is 5.99. The lowest BCUT2D eigenvalue weighted by atomic mass is 10.1.